The van der Waals surface area contributed by atoms with E-state index in [1.165, 1.54) is 23.3 Å². The summed E-state index contributed by atoms with van der Waals surface area (Å²) in [4.78, 5) is 38.8. The number of hydrogen-bond acceptors (Lipinski definition) is 46. The van der Waals surface area contributed by atoms with Crippen molar-refractivity contribution in [3.05, 3.63) is 0 Å². The molecule has 0 bridgehead atoms. The fourth-order valence-electron chi connectivity index (χ4n) is 10.8. The summed E-state index contributed by atoms with van der Waals surface area (Å²) in [5.41, 5.74) is 0. The molecule has 0 unspecified atom stereocenters. The van der Waals surface area contributed by atoms with Gasteiger partial charge in [-0.25, -0.2) is 39.5 Å². The van der Waals surface area contributed by atoms with E-state index in [0.717, 1.165) is 4.72 Å². The summed E-state index contributed by atoms with van der Waals surface area (Å²) < 4.78 is 399. The molecular formula is C39H65N3O58S9. The maximum Gasteiger partial charge on any atom is 0.397 e. The topological polar surface area (TPSA) is 945 Å². The van der Waals surface area contributed by atoms with Crippen LogP contribution in [0.5, 0.6) is 0 Å². The third kappa shape index (κ3) is 27.3. The van der Waals surface area contributed by atoms with Gasteiger partial charge in [-0.15, -0.1) is 0 Å². The molecule has 6 rings (SSSR count). The molecule has 0 spiro atoms. The number of aliphatic hydroxyl groups excluding tert-OH is 7. The Kier molecular flexibility index (Phi) is 31.1. The van der Waals surface area contributed by atoms with Gasteiger partial charge in [0.05, 0.1) is 25.9 Å². The lowest BCUT2D eigenvalue weighted by Crippen LogP contribution is -2.71. The van der Waals surface area contributed by atoms with Crippen LogP contribution in [0.3, 0.4) is 0 Å². The van der Waals surface area contributed by atoms with Crippen LogP contribution in [-0.2, 0) is 190 Å². The van der Waals surface area contributed by atoms with Gasteiger partial charge in [-0.05, 0) is 13.8 Å². The fraction of sp³-hybridized carbons (Fsp3) is 0.923. The van der Waals surface area contributed by atoms with Crippen molar-refractivity contribution >= 4 is 111 Å². The third-order valence-electron chi connectivity index (χ3n) is 14.9. The second-order valence-corrected chi connectivity index (χ2v) is 33.0. The Morgan fingerprint density at radius 1 is 0.312 bits per heavy atom. The molecule has 6 saturated heterocycles. The summed E-state index contributed by atoms with van der Waals surface area (Å²) in [5, 5.41) is 112. The van der Waals surface area contributed by atoms with Crippen molar-refractivity contribution in [2.45, 2.75) is 204 Å². The van der Waals surface area contributed by atoms with E-state index in [0.29, 0.717) is 0 Å². The summed E-state index contributed by atoms with van der Waals surface area (Å²) in [5.74, 6) is -7.32. The normalized spacial score (nSPS) is 38.7. The number of ether oxygens (including phenoxy) is 12. The van der Waals surface area contributed by atoms with E-state index in [4.69, 9.17) is 61.4 Å². The van der Waals surface area contributed by atoms with Gasteiger partial charge in [-0.3, -0.25) is 41.0 Å². The average Bonchev–Trinajstić information content (AvgIpc) is 0.761. The number of nitrogens with one attached hydrogen (secondary N) is 3. The van der Waals surface area contributed by atoms with Gasteiger partial charge in [-0.1, -0.05) is 0 Å². The lowest BCUT2D eigenvalue weighted by atomic mass is 9.94. The molecule has 0 radical (unpaired) electrons. The van der Waals surface area contributed by atoms with Crippen molar-refractivity contribution in [3.8, 4) is 0 Å². The van der Waals surface area contributed by atoms with Crippen LogP contribution >= 0.6 is 0 Å². The van der Waals surface area contributed by atoms with E-state index >= 15 is 0 Å². The predicted octanol–water partition coefficient (Wildman–Crippen LogP) is -15.2. The van der Waals surface area contributed by atoms with Crippen molar-refractivity contribution in [1.29, 1.82) is 0 Å². The summed E-state index contributed by atoms with van der Waals surface area (Å²) in [6.45, 7) is -3.08. The van der Waals surface area contributed by atoms with Gasteiger partial charge in [0.1, 0.15) is 110 Å². The van der Waals surface area contributed by atoms with Gasteiger partial charge in [0.2, 0.25) is 0 Å². The molecule has 30 atom stereocenters. The number of aliphatic carboxylic acids is 3. The van der Waals surface area contributed by atoms with Crippen LogP contribution in [0.4, 0.5) is 0 Å². The van der Waals surface area contributed by atoms with Gasteiger partial charge in [0.15, 0.2) is 74.4 Å². The molecule has 638 valence electrons. The van der Waals surface area contributed by atoms with Crippen LogP contribution in [0.15, 0.2) is 0 Å². The lowest BCUT2D eigenvalue weighted by Gasteiger charge is -2.50. The Labute approximate surface area is 610 Å². The molecule has 22 N–H and O–H groups in total. The van der Waals surface area contributed by atoms with Crippen LogP contribution in [0.25, 0.3) is 0 Å². The van der Waals surface area contributed by atoms with Gasteiger partial charge < -0.3 is 108 Å². The second kappa shape index (κ2) is 35.9. The summed E-state index contributed by atoms with van der Waals surface area (Å²) >= 11 is 0. The number of carboxylic acids is 3. The number of hydrogen-bond donors (Lipinski definition) is 22. The van der Waals surface area contributed by atoms with E-state index in [1.54, 1.807) is 0 Å². The van der Waals surface area contributed by atoms with Crippen molar-refractivity contribution < 1.29 is 264 Å². The summed E-state index contributed by atoms with van der Waals surface area (Å²) in [7, 11) is -53.4. The largest absolute Gasteiger partial charge is 0.479 e. The molecular weight excluding hydrogens is 1730 g/mol. The number of carbonyl (C=O) groups is 3. The maximum absolute atomic E-state index is 13.2. The van der Waals surface area contributed by atoms with Gasteiger partial charge in [-0.2, -0.15) is 89.9 Å². The molecule has 70 heteroatoms. The monoisotopic (exact) mass is 1790 g/mol. The first-order valence-corrected chi connectivity index (χ1v) is 41.2. The van der Waals surface area contributed by atoms with Crippen LogP contribution in [0.1, 0.15) is 13.8 Å². The van der Waals surface area contributed by atoms with E-state index in [2.05, 4.69) is 25.1 Å². The first-order valence-electron chi connectivity index (χ1n) is 28.7. The minimum absolute atomic E-state index is 1.09. The van der Waals surface area contributed by atoms with Crippen molar-refractivity contribution in [3.63, 3.8) is 0 Å². The molecule has 0 saturated carbocycles. The molecule has 0 aromatic heterocycles. The molecule has 0 aromatic carbocycles. The predicted molar refractivity (Wildman–Crippen MR) is 315 cm³/mol. The van der Waals surface area contributed by atoms with Crippen molar-refractivity contribution in [1.82, 2.24) is 14.2 Å². The Hall–Kier alpha value is -3.52. The molecule has 6 fully saturated rings. The minimum Gasteiger partial charge on any atom is -0.479 e. The average molecular weight is 1790 g/mol. The minimum atomic E-state index is -6.34. The molecule has 6 heterocycles. The highest BCUT2D eigenvalue weighted by Gasteiger charge is 2.63. The first-order chi connectivity index (χ1) is 49.3. The Morgan fingerprint density at radius 2 is 0.560 bits per heavy atom. The quantitative estimate of drug-likeness (QED) is 0.0259. The number of aliphatic hydroxyl groups is 7. The molecule has 109 heavy (non-hydrogen) atoms. The lowest BCUT2D eigenvalue weighted by molar-refractivity contribution is -0.376. The molecule has 61 nitrogen and oxygen atoms in total. The molecule has 6 aliphatic rings. The number of rotatable bonds is 36. The smallest absolute Gasteiger partial charge is 0.397 e. The zero-order valence-corrected chi connectivity index (χ0v) is 60.5. The van der Waals surface area contributed by atoms with Crippen molar-refractivity contribution in [2.75, 3.05) is 19.8 Å². The summed E-state index contributed by atoms with van der Waals surface area (Å²) in [6, 6.07) is -8.84. The molecule has 0 amide bonds. The zero-order valence-electron chi connectivity index (χ0n) is 53.1. The zero-order chi connectivity index (χ0) is 83.1. The molecule has 6 aliphatic heterocycles. The second-order valence-electron chi connectivity index (χ2n) is 23.0. The van der Waals surface area contributed by atoms with Crippen molar-refractivity contribution in [2.24, 2.45) is 0 Å². The first kappa shape index (κ1) is 94.3. The van der Waals surface area contributed by atoms with Gasteiger partial charge >= 0.3 is 111 Å². The van der Waals surface area contributed by atoms with E-state index in [9.17, 15) is 178 Å². The summed E-state index contributed by atoms with van der Waals surface area (Å²) in [6.07, 6.45) is -82.4. The molecule has 0 aliphatic carbocycles. The number of carboxylic acid groups (broad SMARTS) is 3. The van der Waals surface area contributed by atoms with Gasteiger partial charge in [0, 0.05) is 0 Å². The SMILES string of the molecule is CC(C)O[C@@H]1O[C@H](C(=O)O)[C@@H](O[C@H]2O[C@H](COS(=O)(=O)O)[C@@H](O[C@@H]3O[C@H](C(=O)O)[C@@H](O[C@H]4O[C@H](COS(=O)(=O)O)[C@@H](O[C@@H]5O[C@H](C(=O)O)[C@@H](O[C@H]6O[C@H](COS(=O)(=O)O)[C@@H](O)[C@H](O)[C@H]6NS(=O)(=O)O)[C@H](O)[C@H]5OS(=O)(=O)O)[C@H](O)[C@H]4NS(=O)(=O)O)[C@H](O)[C@H]3OS(=O)(=O)O)[C@H](O)[C@H]2NS(=O)(=O)O)[C@H](O)[C@H]1OS(=O)(=O)O. The van der Waals surface area contributed by atoms with Crippen LogP contribution in [0.2, 0.25) is 0 Å². The van der Waals surface area contributed by atoms with E-state index < -0.39 is 321 Å². The van der Waals surface area contributed by atoms with E-state index in [1.807, 2.05) is 0 Å². The van der Waals surface area contributed by atoms with Gasteiger partial charge in [0.25, 0.3) is 0 Å². The fourth-order valence-corrected chi connectivity index (χ4v) is 15.0. The van der Waals surface area contributed by atoms with Crippen LogP contribution in [0, 0.1) is 0 Å². The maximum atomic E-state index is 13.2. The highest BCUT2D eigenvalue weighted by Crippen LogP contribution is 2.40. The van der Waals surface area contributed by atoms with Crippen LogP contribution < -0.4 is 14.2 Å². The highest BCUT2D eigenvalue weighted by atomic mass is 32.3. The Balaban J connectivity index is 1.41. The highest BCUT2D eigenvalue weighted by molar-refractivity contribution is 7.84. The van der Waals surface area contributed by atoms with Crippen LogP contribution in [-0.4, -0.2) is 396 Å². The standard InChI is InChI=1S/C39H65N3O58S9/c1-6(2)86-37-25(98-107(74,75)76)17(47)22(28(95-37)31(50)51)93-35-11(41-102(59,60)61)15(45)20(8(88-35)4-84-105(68,69)70)91-39-27(100-109(80,81)82)19(49)24(30(97-39)33(54)55)94-36-12(42-103(62,63)64)16(46)21(9(89-36)5-85-106(71,72)73)90-38-26(99-108(77,78)79)18(48)23(29(96-38)32(52)53)92-34-10(40-101(56,57)58)14(44)13(43)7(87-34)3-83-104(65,66)67/h6-30,34-49H,3-5H2,1-2H3,(H,50,51)(H,52,53)(H,54,55)(H,56,57,58)(H,59,60,61)(H,62,63,64)(H,65,66,67)(H,68,69,70)(H,71,72,73)(H,74,75,76)(H,77,78,79)(H,80,81,82)/t7-,8-,9-,10-,11-,12-,13-,14-,15-,16-,17+,18+,19+,20-,21-,22+,23+,24+,25-,26-,27-,28+,29+,30+,34-,35-,36-,37-,38-,39-/m1/s1. The third-order valence-corrected chi connectivity index (χ3v) is 19.3. The Morgan fingerprint density at radius 3 is 0.817 bits per heavy atom. The molecule has 0 aromatic rings. The Bertz CT molecular complexity index is 4270. The van der Waals surface area contributed by atoms with E-state index in [-0.39, 0.29) is 0 Å².